The average Bonchev–Trinajstić information content (AvgIpc) is 2.51. The summed E-state index contributed by atoms with van der Waals surface area (Å²) < 4.78 is 6.84. The third-order valence-corrected chi connectivity index (χ3v) is 3.82. The molecular formula is C17H23N3O2. The molecule has 2 rings (SSSR count). The first-order chi connectivity index (χ1) is 10.4. The second-order valence-electron chi connectivity index (χ2n) is 5.98. The van der Waals surface area contributed by atoms with Gasteiger partial charge in [-0.25, -0.2) is 4.98 Å². The van der Waals surface area contributed by atoms with Crippen LogP contribution in [0.1, 0.15) is 19.7 Å². The van der Waals surface area contributed by atoms with E-state index in [0.717, 1.165) is 11.3 Å². The van der Waals surface area contributed by atoms with Crippen molar-refractivity contribution in [3.05, 3.63) is 46.5 Å². The van der Waals surface area contributed by atoms with E-state index in [1.807, 2.05) is 38.2 Å². The Balaban J connectivity index is 2.39. The molecule has 0 saturated heterocycles. The molecule has 0 saturated carbocycles. The van der Waals surface area contributed by atoms with Crippen molar-refractivity contribution in [1.29, 1.82) is 0 Å². The van der Waals surface area contributed by atoms with Crippen molar-refractivity contribution in [2.45, 2.75) is 32.9 Å². The van der Waals surface area contributed by atoms with Gasteiger partial charge < -0.3 is 10.1 Å². The predicted molar refractivity (Wildman–Crippen MR) is 88.4 cm³/mol. The van der Waals surface area contributed by atoms with E-state index in [1.54, 1.807) is 17.7 Å². The van der Waals surface area contributed by atoms with Crippen molar-refractivity contribution in [2.24, 2.45) is 0 Å². The van der Waals surface area contributed by atoms with Gasteiger partial charge in [-0.15, -0.1) is 0 Å². The lowest BCUT2D eigenvalue weighted by atomic mass is 10.1. The molecule has 0 aliphatic carbocycles. The Labute approximate surface area is 131 Å². The van der Waals surface area contributed by atoms with Gasteiger partial charge in [0.05, 0.1) is 12.8 Å². The molecule has 0 unspecified atom stereocenters. The van der Waals surface area contributed by atoms with Crippen molar-refractivity contribution < 1.29 is 4.74 Å². The van der Waals surface area contributed by atoms with Crippen molar-refractivity contribution in [3.8, 4) is 17.0 Å². The maximum atomic E-state index is 12.4. The van der Waals surface area contributed by atoms with E-state index >= 15 is 0 Å². The van der Waals surface area contributed by atoms with Crippen LogP contribution in [0.25, 0.3) is 11.3 Å². The van der Waals surface area contributed by atoms with Crippen molar-refractivity contribution in [1.82, 2.24) is 14.9 Å². The summed E-state index contributed by atoms with van der Waals surface area (Å²) in [5.41, 5.74) is 1.38. The van der Waals surface area contributed by atoms with Gasteiger partial charge in [-0.3, -0.25) is 9.36 Å². The normalized spacial score (nSPS) is 11.5. The molecule has 22 heavy (non-hydrogen) atoms. The van der Waals surface area contributed by atoms with E-state index in [0.29, 0.717) is 18.1 Å². The molecule has 0 aliphatic heterocycles. The highest BCUT2D eigenvalue weighted by molar-refractivity contribution is 5.59. The molecule has 0 atom stereocenters. The number of hydrogen-bond donors (Lipinski definition) is 1. The quantitative estimate of drug-likeness (QED) is 0.920. The van der Waals surface area contributed by atoms with Crippen LogP contribution in [0.2, 0.25) is 0 Å². The van der Waals surface area contributed by atoms with E-state index < -0.39 is 0 Å². The molecule has 118 valence electrons. The van der Waals surface area contributed by atoms with Crippen LogP contribution in [0, 0.1) is 6.92 Å². The first-order valence-corrected chi connectivity index (χ1v) is 7.28. The van der Waals surface area contributed by atoms with E-state index in [4.69, 9.17) is 4.74 Å². The number of aryl methyl sites for hydroxylation is 1. The molecule has 0 aliphatic rings. The van der Waals surface area contributed by atoms with Gasteiger partial charge in [0.2, 0.25) is 0 Å². The Bertz CT molecular complexity index is 703. The van der Waals surface area contributed by atoms with E-state index in [1.165, 1.54) is 0 Å². The van der Waals surface area contributed by atoms with Gasteiger partial charge in [0, 0.05) is 23.7 Å². The molecule has 1 aromatic carbocycles. The summed E-state index contributed by atoms with van der Waals surface area (Å²) in [4.78, 5) is 17.0. The lowest BCUT2D eigenvalue weighted by Gasteiger charge is -2.25. The minimum atomic E-state index is -0.169. The standard InChI is InChI=1S/C17H23N3O2/c1-12-19-15(13-6-8-14(22-5)9-7-13)10-16(21)20(12)11-17(2,3)18-4/h6-10,18H,11H2,1-5H3. The third-order valence-electron chi connectivity index (χ3n) is 3.82. The molecule has 5 nitrogen and oxygen atoms in total. The minimum Gasteiger partial charge on any atom is -0.497 e. The van der Waals surface area contributed by atoms with Gasteiger partial charge in [0.25, 0.3) is 5.56 Å². The zero-order chi connectivity index (χ0) is 16.3. The lowest BCUT2D eigenvalue weighted by molar-refractivity contribution is 0.352. The number of aromatic nitrogens is 2. The highest BCUT2D eigenvalue weighted by atomic mass is 16.5. The molecule has 1 N–H and O–H groups in total. The van der Waals surface area contributed by atoms with Crippen LogP contribution in [0.3, 0.4) is 0 Å². The van der Waals surface area contributed by atoms with Crippen molar-refractivity contribution in [2.75, 3.05) is 14.2 Å². The minimum absolute atomic E-state index is 0.0401. The fourth-order valence-electron chi connectivity index (χ4n) is 2.20. The van der Waals surface area contributed by atoms with Crippen molar-refractivity contribution >= 4 is 0 Å². The largest absolute Gasteiger partial charge is 0.497 e. The summed E-state index contributed by atoms with van der Waals surface area (Å²) in [5, 5.41) is 3.20. The summed E-state index contributed by atoms with van der Waals surface area (Å²) >= 11 is 0. The van der Waals surface area contributed by atoms with Gasteiger partial charge in [-0.05, 0) is 52.1 Å². The molecule has 1 heterocycles. The number of rotatable bonds is 5. The van der Waals surface area contributed by atoms with Crippen LogP contribution >= 0.6 is 0 Å². The number of likely N-dealkylation sites (N-methyl/N-ethyl adjacent to an activating group) is 1. The number of ether oxygens (including phenoxy) is 1. The summed E-state index contributed by atoms with van der Waals surface area (Å²) in [7, 11) is 3.52. The zero-order valence-corrected chi connectivity index (χ0v) is 13.8. The van der Waals surface area contributed by atoms with Crippen LogP contribution in [0.15, 0.2) is 35.1 Å². The van der Waals surface area contributed by atoms with Gasteiger partial charge in [0.1, 0.15) is 11.6 Å². The van der Waals surface area contributed by atoms with Gasteiger partial charge in [0.15, 0.2) is 0 Å². The molecule has 0 amide bonds. The predicted octanol–water partition coefficient (Wildman–Crippen LogP) is 2.23. The van der Waals surface area contributed by atoms with Crippen LogP contribution in [0.5, 0.6) is 5.75 Å². The van der Waals surface area contributed by atoms with Crippen molar-refractivity contribution in [3.63, 3.8) is 0 Å². The number of methoxy groups -OCH3 is 1. The second kappa shape index (κ2) is 6.32. The number of nitrogens with one attached hydrogen (secondary N) is 1. The maximum Gasteiger partial charge on any atom is 0.254 e. The Kier molecular flexibility index (Phi) is 4.66. The van der Waals surface area contributed by atoms with E-state index in [2.05, 4.69) is 24.1 Å². The summed E-state index contributed by atoms with van der Waals surface area (Å²) in [6.07, 6.45) is 0. The highest BCUT2D eigenvalue weighted by Gasteiger charge is 2.18. The first kappa shape index (κ1) is 16.2. The van der Waals surface area contributed by atoms with E-state index in [-0.39, 0.29) is 11.1 Å². The topological polar surface area (TPSA) is 56.1 Å². The summed E-state index contributed by atoms with van der Waals surface area (Å²) in [6.45, 7) is 6.54. The molecular weight excluding hydrogens is 278 g/mol. The average molecular weight is 301 g/mol. The zero-order valence-electron chi connectivity index (χ0n) is 13.8. The number of hydrogen-bond acceptors (Lipinski definition) is 4. The maximum absolute atomic E-state index is 12.4. The van der Waals surface area contributed by atoms with Crippen LogP contribution in [0.4, 0.5) is 0 Å². The second-order valence-corrected chi connectivity index (χ2v) is 5.98. The van der Waals surface area contributed by atoms with Crippen LogP contribution in [-0.4, -0.2) is 29.2 Å². The Morgan fingerprint density at radius 1 is 1.27 bits per heavy atom. The fraction of sp³-hybridized carbons (Fsp3) is 0.412. The summed E-state index contributed by atoms with van der Waals surface area (Å²) in [5.74, 6) is 1.49. The van der Waals surface area contributed by atoms with Crippen LogP contribution in [-0.2, 0) is 6.54 Å². The van der Waals surface area contributed by atoms with Gasteiger partial charge in [-0.1, -0.05) is 0 Å². The first-order valence-electron chi connectivity index (χ1n) is 7.28. The molecule has 0 bridgehead atoms. The Morgan fingerprint density at radius 2 is 1.91 bits per heavy atom. The van der Waals surface area contributed by atoms with Gasteiger partial charge >= 0.3 is 0 Å². The fourth-order valence-corrected chi connectivity index (χ4v) is 2.20. The molecule has 2 aromatic rings. The van der Waals surface area contributed by atoms with Crippen LogP contribution < -0.4 is 15.6 Å². The smallest absolute Gasteiger partial charge is 0.254 e. The molecule has 0 radical (unpaired) electrons. The SMILES string of the molecule is CNC(C)(C)Cn1c(C)nc(-c2ccc(OC)cc2)cc1=O. The Hall–Kier alpha value is -2.14. The molecule has 0 fully saturated rings. The number of benzene rings is 1. The molecule has 5 heteroatoms. The summed E-state index contributed by atoms with van der Waals surface area (Å²) in [6, 6.07) is 9.12. The highest BCUT2D eigenvalue weighted by Crippen LogP contribution is 2.20. The lowest BCUT2D eigenvalue weighted by Crippen LogP contribution is -2.43. The number of nitrogens with zero attached hydrogens (tertiary/aromatic N) is 2. The molecule has 1 aromatic heterocycles. The van der Waals surface area contributed by atoms with E-state index in [9.17, 15) is 4.79 Å². The van der Waals surface area contributed by atoms with Gasteiger partial charge in [-0.2, -0.15) is 0 Å². The third kappa shape index (κ3) is 3.54. The Morgan fingerprint density at radius 3 is 2.41 bits per heavy atom. The monoisotopic (exact) mass is 301 g/mol. The molecule has 0 spiro atoms.